The van der Waals surface area contributed by atoms with Gasteiger partial charge >= 0.3 is 0 Å². The van der Waals surface area contributed by atoms with Gasteiger partial charge in [0.1, 0.15) is 0 Å². The first kappa shape index (κ1) is 15.4. The van der Waals surface area contributed by atoms with Crippen molar-refractivity contribution in [1.29, 1.82) is 0 Å². The molecule has 1 saturated heterocycles. The Bertz CT molecular complexity index is 258. The van der Waals surface area contributed by atoms with Crippen LogP contribution >= 0.6 is 0 Å². The molecule has 0 aromatic heterocycles. The predicted molar refractivity (Wildman–Crippen MR) is 73.5 cm³/mol. The molecule has 0 aromatic rings. The van der Waals surface area contributed by atoms with Gasteiger partial charge in [0.05, 0.1) is 6.10 Å². The van der Waals surface area contributed by atoms with Gasteiger partial charge in [0.15, 0.2) is 0 Å². The van der Waals surface area contributed by atoms with E-state index in [1.807, 2.05) is 18.9 Å². The Labute approximate surface area is 111 Å². The molecule has 1 aliphatic rings. The van der Waals surface area contributed by atoms with Crippen LogP contribution in [0.5, 0.6) is 0 Å². The van der Waals surface area contributed by atoms with Crippen molar-refractivity contribution in [2.24, 2.45) is 5.92 Å². The number of carbonyl (C=O) groups excluding carboxylic acids is 1. The summed E-state index contributed by atoms with van der Waals surface area (Å²) in [6.07, 6.45) is 3.80. The van der Waals surface area contributed by atoms with E-state index in [4.69, 9.17) is 4.74 Å². The van der Waals surface area contributed by atoms with Crippen LogP contribution in [0.1, 0.15) is 39.5 Å². The first-order valence-electron chi connectivity index (χ1n) is 7.10. The number of ether oxygens (including phenoxy) is 1. The van der Waals surface area contributed by atoms with Gasteiger partial charge in [-0.25, -0.2) is 0 Å². The number of piperidine rings is 1. The maximum Gasteiger partial charge on any atom is 0.222 e. The Morgan fingerprint density at radius 1 is 1.56 bits per heavy atom. The molecule has 0 radical (unpaired) electrons. The Morgan fingerprint density at radius 3 is 2.83 bits per heavy atom. The Balaban J connectivity index is 2.40. The van der Waals surface area contributed by atoms with E-state index in [1.165, 1.54) is 0 Å². The van der Waals surface area contributed by atoms with Crippen LogP contribution < -0.4 is 5.32 Å². The summed E-state index contributed by atoms with van der Waals surface area (Å²) < 4.78 is 5.18. The SMILES string of the molecule is CCC1CN(C(=O)CCC(C)OC)CCC1NC. The first-order chi connectivity index (χ1) is 8.62. The number of carbonyl (C=O) groups is 1. The molecular formula is C14H28N2O2. The second-order valence-electron chi connectivity index (χ2n) is 5.28. The summed E-state index contributed by atoms with van der Waals surface area (Å²) in [5.41, 5.74) is 0. The second-order valence-corrected chi connectivity index (χ2v) is 5.28. The summed E-state index contributed by atoms with van der Waals surface area (Å²) in [7, 11) is 3.71. The smallest absolute Gasteiger partial charge is 0.222 e. The largest absolute Gasteiger partial charge is 0.382 e. The lowest BCUT2D eigenvalue weighted by Gasteiger charge is -2.38. The standard InChI is InChI=1S/C14H28N2O2/c1-5-12-10-16(9-8-13(12)15-3)14(17)7-6-11(2)18-4/h11-13,15H,5-10H2,1-4H3. The number of nitrogens with one attached hydrogen (secondary N) is 1. The van der Waals surface area contributed by atoms with E-state index in [0.717, 1.165) is 32.4 Å². The van der Waals surface area contributed by atoms with Crippen LogP contribution in [0.25, 0.3) is 0 Å². The number of nitrogens with zero attached hydrogens (tertiary/aromatic N) is 1. The third kappa shape index (κ3) is 4.25. The molecule has 1 rings (SSSR count). The molecule has 0 saturated carbocycles. The third-order valence-electron chi connectivity index (χ3n) is 4.15. The number of hydrogen-bond acceptors (Lipinski definition) is 3. The Morgan fingerprint density at radius 2 is 2.28 bits per heavy atom. The van der Waals surface area contributed by atoms with Gasteiger partial charge in [-0.3, -0.25) is 4.79 Å². The molecule has 1 N–H and O–H groups in total. The molecule has 3 unspecified atom stereocenters. The van der Waals surface area contributed by atoms with E-state index in [-0.39, 0.29) is 12.0 Å². The summed E-state index contributed by atoms with van der Waals surface area (Å²) in [5, 5.41) is 3.37. The van der Waals surface area contributed by atoms with Crippen molar-refractivity contribution in [3.05, 3.63) is 0 Å². The van der Waals surface area contributed by atoms with E-state index in [1.54, 1.807) is 7.11 Å². The molecule has 0 bridgehead atoms. The minimum atomic E-state index is 0.172. The monoisotopic (exact) mass is 256 g/mol. The second kappa shape index (κ2) is 7.74. The van der Waals surface area contributed by atoms with Crippen LogP contribution in [0.3, 0.4) is 0 Å². The minimum absolute atomic E-state index is 0.172. The molecule has 1 fully saturated rings. The number of likely N-dealkylation sites (tertiary alicyclic amines) is 1. The molecule has 1 amide bonds. The van der Waals surface area contributed by atoms with Crippen molar-refractivity contribution in [2.45, 2.75) is 51.7 Å². The molecule has 106 valence electrons. The minimum Gasteiger partial charge on any atom is -0.382 e. The Kier molecular flexibility index (Phi) is 6.65. The fourth-order valence-electron chi connectivity index (χ4n) is 2.66. The zero-order valence-electron chi connectivity index (χ0n) is 12.2. The summed E-state index contributed by atoms with van der Waals surface area (Å²) in [4.78, 5) is 14.2. The molecule has 1 heterocycles. The summed E-state index contributed by atoms with van der Waals surface area (Å²) in [6, 6.07) is 0.567. The van der Waals surface area contributed by atoms with E-state index < -0.39 is 0 Å². The van der Waals surface area contributed by atoms with E-state index >= 15 is 0 Å². The Hall–Kier alpha value is -0.610. The molecule has 18 heavy (non-hydrogen) atoms. The number of hydrogen-bond donors (Lipinski definition) is 1. The van der Waals surface area contributed by atoms with Gasteiger partial charge < -0.3 is 15.0 Å². The van der Waals surface area contributed by atoms with Crippen molar-refractivity contribution < 1.29 is 9.53 Å². The van der Waals surface area contributed by atoms with Gasteiger partial charge in [0.25, 0.3) is 0 Å². The molecule has 1 aliphatic heterocycles. The first-order valence-corrected chi connectivity index (χ1v) is 7.10. The van der Waals surface area contributed by atoms with E-state index in [2.05, 4.69) is 12.2 Å². The lowest BCUT2D eigenvalue weighted by Crippen LogP contribution is -2.50. The van der Waals surface area contributed by atoms with Gasteiger partial charge in [-0.2, -0.15) is 0 Å². The number of rotatable bonds is 6. The highest BCUT2D eigenvalue weighted by atomic mass is 16.5. The lowest BCUT2D eigenvalue weighted by molar-refractivity contribution is -0.134. The number of methoxy groups -OCH3 is 1. The maximum absolute atomic E-state index is 12.1. The average Bonchev–Trinajstić information content (AvgIpc) is 2.43. The van der Waals surface area contributed by atoms with Crippen molar-refractivity contribution in [1.82, 2.24) is 10.2 Å². The van der Waals surface area contributed by atoms with Crippen LogP contribution in [-0.4, -0.2) is 50.2 Å². The highest BCUT2D eigenvalue weighted by Gasteiger charge is 2.29. The van der Waals surface area contributed by atoms with Crippen LogP contribution in [0.15, 0.2) is 0 Å². The molecule has 3 atom stereocenters. The zero-order chi connectivity index (χ0) is 13.5. The fraction of sp³-hybridized carbons (Fsp3) is 0.929. The predicted octanol–water partition coefficient (Wildman–Crippen LogP) is 1.65. The highest BCUT2D eigenvalue weighted by Crippen LogP contribution is 2.21. The van der Waals surface area contributed by atoms with Crippen molar-refractivity contribution in [2.75, 3.05) is 27.2 Å². The summed E-state index contributed by atoms with van der Waals surface area (Å²) >= 11 is 0. The van der Waals surface area contributed by atoms with Gasteiger partial charge in [-0.05, 0) is 32.7 Å². The molecule has 4 heteroatoms. The molecule has 0 spiro atoms. The summed E-state index contributed by atoms with van der Waals surface area (Å²) in [6.45, 7) is 6.01. The third-order valence-corrected chi connectivity index (χ3v) is 4.15. The van der Waals surface area contributed by atoms with Gasteiger partial charge in [-0.15, -0.1) is 0 Å². The lowest BCUT2D eigenvalue weighted by atomic mass is 9.90. The van der Waals surface area contributed by atoms with Gasteiger partial charge in [-0.1, -0.05) is 13.3 Å². The van der Waals surface area contributed by atoms with Gasteiger partial charge in [0.2, 0.25) is 5.91 Å². The van der Waals surface area contributed by atoms with Gasteiger partial charge in [0, 0.05) is 32.7 Å². The molecule has 0 aromatic carbocycles. The normalized spacial score (nSPS) is 26.1. The maximum atomic E-state index is 12.1. The molecule has 0 aliphatic carbocycles. The highest BCUT2D eigenvalue weighted by molar-refractivity contribution is 5.76. The topological polar surface area (TPSA) is 41.6 Å². The quantitative estimate of drug-likeness (QED) is 0.785. The zero-order valence-corrected chi connectivity index (χ0v) is 12.2. The molecule has 4 nitrogen and oxygen atoms in total. The van der Waals surface area contributed by atoms with Crippen molar-refractivity contribution >= 4 is 5.91 Å². The van der Waals surface area contributed by atoms with Crippen LogP contribution in [0.2, 0.25) is 0 Å². The number of amides is 1. The summed E-state index contributed by atoms with van der Waals surface area (Å²) in [5.74, 6) is 0.874. The fourth-order valence-corrected chi connectivity index (χ4v) is 2.66. The van der Waals surface area contributed by atoms with Crippen LogP contribution in [-0.2, 0) is 9.53 Å². The average molecular weight is 256 g/mol. The van der Waals surface area contributed by atoms with Crippen LogP contribution in [0.4, 0.5) is 0 Å². The van der Waals surface area contributed by atoms with Crippen LogP contribution in [0, 0.1) is 5.92 Å². The van der Waals surface area contributed by atoms with E-state index in [0.29, 0.717) is 18.4 Å². The van der Waals surface area contributed by atoms with E-state index in [9.17, 15) is 4.79 Å². The van der Waals surface area contributed by atoms with Crippen molar-refractivity contribution in [3.63, 3.8) is 0 Å². The van der Waals surface area contributed by atoms with Crippen molar-refractivity contribution in [3.8, 4) is 0 Å². The molecular weight excluding hydrogens is 228 g/mol.